The Morgan fingerprint density at radius 1 is 1.06 bits per heavy atom. The van der Waals surface area contributed by atoms with Crippen LogP contribution in [0.1, 0.15) is 23.0 Å². The molecular weight excluding hydrogens is 418 g/mol. The molecule has 0 aliphatic carbocycles. The fraction of sp³-hybridized carbons (Fsp3) is 0.208. The number of nitrogens with zero attached hydrogens (tertiary/aromatic N) is 4. The minimum absolute atomic E-state index is 0.236. The Bertz CT molecular complexity index is 1350. The number of nitrogens with one attached hydrogen (secondary N) is 3. The number of hydrogen-bond acceptors (Lipinski definition) is 6. The average Bonchev–Trinajstić information content (AvgIpc) is 3.24. The minimum Gasteiger partial charge on any atom is -0.340 e. The summed E-state index contributed by atoms with van der Waals surface area (Å²) in [5.41, 5.74) is 3.90. The number of aromatic nitrogens is 4. The van der Waals surface area contributed by atoms with Crippen LogP contribution in [0.5, 0.6) is 0 Å². The van der Waals surface area contributed by atoms with Crippen molar-refractivity contribution in [2.24, 2.45) is 7.05 Å². The third kappa shape index (κ3) is 4.73. The Balaban J connectivity index is 1.80. The molecule has 9 heteroatoms. The number of rotatable bonds is 6. The van der Waals surface area contributed by atoms with Crippen molar-refractivity contribution in [2.75, 3.05) is 17.7 Å². The summed E-state index contributed by atoms with van der Waals surface area (Å²) in [6, 6.07) is 11.0. The lowest BCUT2D eigenvalue weighted by atomic mass is 9.96. The number of hydrogen-bond donors (Lipinski definition) is 3. The number of benzene rings is 1. The highest BCUT2D eigenvalue weighted by atomic mass is 16.2. The molecule has 0 saturated carbocycles. The van der Waals surface area contributed by atoms with Crippen LogP contribution in [0.2, 0.25) is 0 Å². The van der Waals surface area contributed by atoms with Gasteiger partial charge in [0, 0.05) is 24.8 Å². The third-order valence-corrected chi connectivity index (χ3v) is 5.36. The second kappa shape index (κ2) is 9.17. The van der Waals surface area contributed by atoms with E-state index < -0.39 is 11.9 Å². The topological polar surface area (TPSA) is 114 Å². The number of carbonyl (C=O) groups is 2. The third-order valence-electron chi connectivity index (χ3n) is 5.36. The molecule has 3 heterocycles. The summed E-state index contributed by atoms with van der Waals surface area (Å²) < 4.78 is 1.69. The van der Waals surface area contributed by atoms with Gasteiger partial charge in [0.25, 0.3) is 5.91 Å². The van der Waals surface area contributed by atoms with E-state index in [1.54, 1.807) is 56.4 Å². The van der Waals surface area contributed by atoms with Crippen LogP contribution >= 0.6 is 0 Å². The summed E-state index contributed by atoms with van der Waals surface area (Å²) in [7, 11) is 3.50. The van der Waals surface area contributed by atoms with Crippen molar-refractivity contribution in [3.8, 4) is 11.1 Å². The monoisotopic (exact) mass is 443 g/mol. The first-order chi connectivity index (χ1) is 15.9. The predicted octanol–water partition coefficient (Wildman–Crippen LogP) is 3.14. The van der Waals surface area contributed by atoms with E-state index >= 15 is 0 Å². The Hall–Kier alpha value is -4.11. The highest BCUT2D eigenvalue weighted by molar-refractivity contribution is 6.04. The number of carbonyl (C=O) groups excluding carboxylic acids is 2. The zero-order chi connectivity index (χ0) is 23.5. The maximum atomic E-state index is 12.7. The van der Waals surface area contributed by atoms with E-state index in [0.717, 1.165) is 27.6 Å². The SMILES string of the molecule is CNC(C)C(=O)Nc1cc(-c2c(C)ccc3ncccc23)cc(NC(=O)c2cn(C)cn2)n1. The van der Waals surface area contributed by atoms with E-state index in [2.05, 4.69) is 30.9 Å². The normalized spacial score (nSPS) is 11.9. The molecule has 3 N–H and O–H groups in total. The Morgan fingerprint density at radius 3 is 2.52 bits per heavy atom. The first-order valence-electron chi connectivity index (χ1n) is 10.5. The summed E-state index contributed by atoms with van der Waals surface area (Å²) in [5, 5.41) is 9.50. The van der Waals surface area contributed by atoms with Crippen LogP contribution in [0.25, 0.3) is 22.0 Å². The molecule has 1 unspecified atom stereocenters. The van der Waals surface area contributed by atoms with Gasteiger partial charge in [-0.05, 0) is 61.9 Å². The van der Waals surface area contributed by atoms with E-state index in [9.17, 15) is 9.59 Å². The molecule has 0 fully saturated rings. The molecule has 1 atom stereocenters. The molecule has 4 aromatic rings. The standard InChI is InChI=1S/C24H25N7O2/c1-14-7-8-18-17(6-5-9-26-18)22(14)16-10-20(29-23(32)15(2)25-3)28-21(11-16)30-24(33)19-12-31(4)13-27-19/h5-13,15,25H,1-4H3,(H2,28,29,30,32,33). The van der Waals surface area contributed by atoms with Crippen LogP contribution in [0, 0.1) is 6.92 Å². The molecule has 168 valence electrons. The van der Waals surface area contributed by atoms with E-state index in [4.69, 9.17) is 0 Å². The Morgan fingerprint density at radius 2 is 1.82 bits per heavy atom. The quantitative estimate of drug-likeness (QED) is 0.422. The van der Waals surface area contributed by atoms with Crippen LogP contribution in [-0.2, 0) is 11.8 Å². The lowest BCUT2D eigenvalue weighted by Gasteiger charge is -2.15. The van der Waals surface area contributed by atoms with E-state index in [1.165, 1.54) is 0 Å². The first kappa shape index (κ1) is 22.1. The van der Waals surface area contributed by atoms with Crippen LogP contribution in [0.15, 0.2) is 55.1 Å². The molecule has 33 heavy (non-hydrogen) atoms. The average molecular weight is 444 g/mol. The van der Waals surface area contributed by atoms with Crippen molar-refractivity contribution in [3.05, 3.63) is 66.4 Å². The number of likely N-dealkylation sites (N-methyl/N-ethyl adjacent to an activating group) is 1. The van der Waals surface area contributed by atoms with Crippen molar-refractivity contribution in [2.45, 2.75) is 19.9 Å². The maximum absolute atomic E-state index is 12.7. The largest absolute Gasteiger partial charge is 0.340 e. The molecule has 1 aromatic carbocycles. The molecule has 2 amide bonds. The van der Waals surface area contributed by atoms with Crippen LogP contribution in [0.3, 0.4) is 0 Å². The van der Waals surface area contributed by atoms with Gasteiger partial charge >= 0.3 is 0 Å². The molecule has 0 aliphatic rings. The first-order valence-corrected chi connectivity index (χ1v) is 10.5. The summed E-state index contributed by atoms with van der Waals surface area (Å²) in [6.07, 6.45) is 4.92. The summed E-state index contributed by atoms with van der Waals surface area (Å²) in [6.45, 7) is 3.76. The number of aryl methyl sites for hydroxylation is 2. The van der Waals surface area contributed by atoms with Crippen molar-refractivity contribution in [1.82, 2.24) is 24.8 Å². The smallest absolute Gasteiger partial charge is 0.276 e. The molecule has 0 bridgehead atoms. The van der Waals surface area contributed by atoms with Gasteiger partial charge in [-0.25, -0.2) is 9.97 Å². The van der Waals surface area contributed by atoms with Gasteiger partial charge in [0.05, 0.1) is 17.9 Å². The Kier molecular flexibility index (Phi) is 6.14. The number of imidazole rings is 1. The van der Waals surface area contributed by atoms with Gasteiger partial charge < -0.3 is 20.5 Å². The second-order valence-electron chi connectivity index (χ2n) is 7.83. The molecule has 0 radical (unpaired) electrons. The summed E-state index contributed by atoms with van der Waals surface area (Å²) >= 11 is 0. The number of amides is 2. The Labute approximate surface area is 191 Å². The zero-order valence-corrected chi connectivity index (χ0v) is 18.9. The minimum atomic E-state index is -0.412. The molecule has 4 rings (SSSR count). The lowest BCUT2D eigenvalue weighted by Crippen LogP contribution is -2.35. The molecule has 0 spiro atoms. The van der Waals surface area contributed by atoms with Crippen molar-refractivity contribution in [3.63, 3.8) is 0 Å². The van der Waals surface area contributed by atoms with E-state index in [1.807, 2.05) is 31.2 Å². The lowest BCUT2D eigenvalue weighted by molar-refractivity contribution is -0.117. The van der Waals surface area contributed by atoms with Crippen molar-refractivity contribution in [1.29, 1.82) is 0 Å². The summed E-state index contributed by atoms with van der Waals surface area (Å²) in [4.78, 5) is 38.2. The summed E-state index contributed by atoms with van der Waals surface area (Å²) in [5.74, 6) is 0.00459. The molecule has 3 aromatic heterocycles. The van der Waals surface area contributed by atoms with Crippen LogP contribution < -0.4 is 16.0 Å². The molecule has 9 nitrogen and oxygen atoms in total. The predicted molar refractivity (Wildman–Crippen MR) is 128 cm³/mol. The van der Waals surface area contributed by atoms with Gasteiger partial charge in [0.2, 0.25) is 5.91 Å². The van der Waals surface area contributed by atoms with Crippen LogP contribution in [-0.4, -0.2) is 44.4 Å². The van der Waals surface area contributed by atoms with E-state index in [-0.39, 0.29) is 11.6 Å². The number of pyridine rings is 2. The number of fused-ring (bicyclic) bond motifs is 1. The van der Waals surface area contributed by atoms with Gasteiger partial charge in [-0.15, -0.1) is 0 Å². The highest BCUT2D eigenvalue weighted by Crippen LogP contribution is 2.33. The van der Waals surface area contributed by atoms with Crippen LogP contribution in [0.4, 0.5) is 11.6 Å². The van der Waals surface area contributed by atoms with Gasteiger partial charge in [0.1, 0.15) is 17.3 Å². The molecule has 0 aliphatic heterocycles. The van der Waals surface area contributed by atoms with Crippen molar-refractivity contribution < 1.29 is 9.59 Å². The van der Waals surface area contributed by atoms with Gasteiger partial charge in [-0.3, -0.25) is 14.6 Å². The molecule has 0 saturated heterocycles. The van der Waals surface area contributed by atoms with Gasteiger partial charge in [0.15, 0.2) is 0 Å². The second-order valence-corrected chi connectivity index (χ2v) is 7.83. The zero-order valence-electron chi connectivity index (χ0n) is 18.9. The van der Waals surface area contributed by atoms with Crippen molar-refractivity contribution >= 4 is 34.4 Å². The van der Waals surface area contributed by atoms with Gasteiger partial charge in [-0.2, -0.15) is 0 Å². The fourth-order valence-electron chi connectivity index (χ4n) is 3.52. The maximum Gasteiger partial charge on any atom is 0.276 e. The number of anilines is 2. The molecular formula is C24H25N7O2. The highest BCUT2D eigenvalue weighted by Gasteiger charge is 2.17. The van der Waals surface area contributed by atoms with Gasteiger partial charge in [-0.1, -0.05) is 12.1 Å². The van der Waals surface area contributed by atoms with E-state index in [0.29, 0.717) is 11.6 Å². The fourth-order valence-corrected chi connectivity index (χ4v) is 3.52.